The van der Waals surface area contributed by atoms with E-state index in [1.165, 1.54) is 16.9 Å². The lowest BCUT2D eigenvalue weighted by atomic mass is 10.1. The van der Waals surface area contributed by atoms with Crippen LogP contribution in [0.2, 0.25) is 10.0 Å². The second kappa shape index (κ2) is 10.3. The maximum Gasteiger partial charge on any atom is 0.325 e. The van der Waals surface area contributed by atoms with Crippen molar-refractivity contribution in [3.8, 4) is 5.75 Å². The van der Waals surface area contributed by atoms with Gasteiger partial charge >= 0.3 is 5.97 Å². The number of rotatable bonds is 7. The summed E-state index contributed by atoms with van der Waals surface area (Å²) >= 11 is 18.2. The molecule has 1 aliphatic heterocycles. The van der Waals surface area contributed by atoms with Gasteiger partial charge in [-0.1, -0.05) is 42.3 Å². The number of benzene rings is 2. The number of esters is 1. The summed E-state index contributed by atoms with van der Waals surface area (Å²) in [6, 6.07) is 10.8. The van der Waals surface area contributed by atoms with E-state index in [2.05, 4.69) is 0 Å². The Morgan fingerprint density at radius 1 is 1.12 bits per heavy atom. The van der Waals surface area contributed by atoms with E-state index in [9.17, 15) is 9.59 Å². The molecule has 3 rings (SSSR count). The zero-order valence-corrected chi connectivity index (χ0v) is 20.2. The first kappa shape index (κ1) is 24.0. The number of hydrogen-bond acceptors (Lipinski definition) is 5. The van der Waals surface area contributed by atoms with Crippen LogP contribution in [0.4, 0.5) is 5.69 Å². The van der Waals surface area contributed by atoms with Crippen molar-refractivity contribution in [3.05, 3.63) is 63.3 Å². The van der Waals surface area contributed by atoms with Crippen molar-refractivity contribution in [1.29, 1.82) is 0 Å². The molecule has 0 aliphatic carbocycles. The zero-order valence-electron chi connectivity index (χ0n) is 17.9. The molecule has 0 aromatic heterocycles. The lowest BCUT2D eigenvalue weighted by Crippen LogP contribution is -2.35. The molecule has 0 unspecified atom stereocenters. The number of anilines is 1. The molecule has 1 saturated heterocycles. The van der Waals surface area contributed by atoms with Crippen molar-refractivity contribution < 1.29 is 19.1 Å². The van der Waals surface area contributed by atoms with Crippen LogP contribution in [-0.4, -0.2) is 42.2 Å². The molecule has 2 aromatic carbocycles. The summed E-state index contributed by atoms with van der Waals surface area (Å²) in [4.78, 5) is 28.2. The largest absolute Gasteiger partial charge is 0.491 e. The topological polar surface area (TPSA) is 59.1 Å². The number of amides is 1. The molecule has 168 valence electrons. The van der Waals surface area contributed by atoms with Gasteiger partial charge in [-0.2, -0.15) is 0 Å². The molecule has 9 heteroatoms. The minimum atomic E-state index is -0.531. The fourth-order valence-corrected chi connectivity index (χ4v) is 4.20. The highest BCUT2D eigenvalue weighted by Crippen LogP contribution is 2.36. The van der Waals surface area contributed by atoms with Crippen LogP contribution < -0.4 is 9.64 Å². The molecular weight excluding hydrogens is 471 g/mol. The molecule has 0 saturated carbocycles. The van der Waals surface area contributed by atoms with E-state index in [-0.39, 0.29) is 23.3 Å². The minimum Gasteiger partial charge on any atom is -0.491 e. The molecule has 0 radical (unpaired) electrons. The average molecular weight is 493 g/mol. The van der Waals surface area contributed by atoms with Crippen LogP contribution in [0.5, 0.6) is 5.75 Å². The maximum absolute atomic E-state index is 13.4. The predicted molar refractivity (Wildman–Crippen MR) is 130 cm³/mol. The molecule has 1 amide bonds. The van der Waals surface area contributed by atoms with Gasteiger partial charge in [0.2, 0.25) is 0 Å². The van der Waals surface area contributed by atoms with E-state index in [0.29, 0.717) is 33.7 Å². The summed E-state index contributed by atoms with van der Waals surface area (Å²) < 4.78 is 10.3. The van der Waals surface area contributed by atoms with Gasteiger partial charge in [0.25, 0.3) is 5.91 Å². The van der Waals surface area contributed by atoms with Crippen molar-refractivity contribution >= 4 is 64.2 Å². The molecule has 32 heavy (non-hydrogen) atoms. The average Bonchev–Trinajstić information content (AvgIpc) is 3.00. The number of halogens is 2. The summed E-state index contributed by atoms with van der Waals surface area (Å²) in [6.07, 6.45) is 2.46. The van der Waals surface area contributed by atoms with Crippen LogP contribution in [0.1, 0.15) is 25.0 Å². The molecule has 1 aliphatic rings. The van der Waals surface area contributed by atoms with Crippen LogP contribution in [0.3, 0.4) is 0 Å². The number of carbonyl (C=O) groups excluding carboxylic acids is 2. The highest BCUT2D eigenvalue weighted by Gasteiger charge is 2.40. The fraction of sp³-hybridized carbons (Fsp3) is 0.261. The summed E-state index contributed by atoms with van der Waals surface area (Å²) in [5.41, 5.74) is 2.51. The number of carbonyl (C=O) groups is 2. The van der Waals surface area contributed by atoms with Crippen LogP contribution in [0.15, 0.2) is 42.1 Å². The van der Waals surface area contributed by atoms with E-state index in [1.807, 2.05) is 38.1 Å². The number of thiocarbonyl (C=S) groups is 1. The Kier molecular flexibility index (Phi) is 7.77. The summed E-state index contributed by atoms with van der Waals surface area (Å²) in [6.45, 7) is 4.07. The van der Waals surface area contributed by atoms with Crippen molar-refractivity contribution in [3.63, 3.8) is 0 Å². The zero-order chi connectivity index (χ0) is 23.4. The Morgan fingerprint density at radius 2 is 1.75 bits per heavy atom. The number of ether oxygens (including phenoxy) is 2. The first-order valence-electron chi connectivity index (χ1n) is 9.95. The Labute approximate surface area is 202 Å². The standard InChI is InChI=1S/C23H22Cl2N2O4S/c1-4-14-6-8-16(9-7-14)27-22(29)19(26(23(27)32)13-20(28)30-3)12-15-10-17(24)21(31-5-2)18(25)11-15/h6-12H,4-5,13H2,1-3H3/b19-12-. The summed E-state index contributed by atoms with van der Waals surface area (Å²) in [7, 11) is 1.28. The van der Waals surface area contributed by atoms with Gasteiger partial charge in [-0.3, -0.25) is 14.5 Å². The molecule has 2 aromatic rings. The van der Waals surface area contributed by atoms with Crippen molar-refractivity contribution in [2.24, 2.45) is 0 Å². The Bertz CT molecular complexity index is 1060. The van der Waals surface area contributed by atoms with E-state index >= 15 is 0 Å². The molecule has 1 heterocycles. The smallest absolute Gasteiger partial charge is 0.325 e. The van der Waals surface area contributed by atoms with Gasteiger partial charge < -0.3 is 14.4 Å². The number of nitrogens with zero attached hydrogens (tertiary/aromatic N) is 2. The molecule has 6 nitrogen and oxygen atoms in total. The third kappa shape index (κ3) is 4.90. The summed E-state index contributed by atoms with van der Waals surface area (Å²) in [5, 5.41) is 0.801. The normalized spacial score (nSPS) is 15.0. The Morgan fingerprint density at radius 3 is 2.28 bits per heavy atom. The lowest BCUT2D eigenvalue weighted by molar-refractivity contribution is -0.140. The monoisotopic (exact) mass is 492 g/mol. The molecule has 0 spiro atoms. The van der Waals surface area contributed by atoms with E-state index in [4.69, 9.17) is 44.9 Å². The number of methoxy groups -OCH3 is 1. The predicted octanol–water partition coefficient (Wildman–Crippen LogP) is 5.10. The molecule has 1 fully saturated rings. The minimum absolute atomic E-state index is 0.180. The quantitative estimate of drug-likeness (QED) is 0.304. The molecule has 0 bridgehead atoms. The maximum atomic E-state index is 13.4. The van der Waals surface area contributed by atoms with Crippen LogP contribution in [0.25, 0.3) is 6.08 Å². The summed E-state index contributed by atoms with van der Waals surface area (Å²) in [5.74, 6) is -0.531. The van der Waals surface area contributed by atoms with Crippen molar-refractivity contribution in [1.82, 2.24) is 4.90 Å². The van der Waals surface area contributed by atoms with E-state index < -0.39 is 5.97 Å². The first-order valence-corrected chi connectivity index (χ1v) is 11.1. The number of hydrogen-bond donors (Lipinski definition) is 0. The number of aryl methyl sites for hydroxylation is 1. The van der Waals surface area contributed by atoms with Crippen LogP contribution in [-0.2, 0) is 20.7 Å². The van der Waals surface area contributed by atoms with Gasteiger partial charge in [-0.25, -0.2) is 0 Å². The van der Waals surface area contributed by atoms with Crippen LogP contribution in [0, 0.1) is 0 Å². The van der Waals surface area contributed by atoms with Crippen LogP contribution >= 0.6 is 35.4 Å². The Balaban J connectivity index is 2.05. The van der Waals surface area contributed by atoms with Gasteiger partial charge in [0.15, 0.2) is 10.9 Å². The molecular formula is C23H22Cl2N2O4S. The Hall–Kier alpha value is -2.61. The highest BCUT2D eigenvalue weighted by atomic mass is 35.5. The van der Waals surface area contributed by atoms with Gasteiger partial charge in [0.05, 0.1) is 29.4 Å². The second-order valence-corrected chi connectivity index (χ2v) is 8.06. The first-order chi connectivity index (χ1) is 15.3. The molecule has 0 atom stereocenters. The van der Waals surface area contributed by atoms with E-state index in [1.54, 1.807) is 18.2 Å². The van der Waals surface area contributed by atoms with E-state index in [0.717, 1.165) is 12.0 Å². The SMILES string of the molecule is CCOc1c(Cl)cc(/C=C2/C(=O)N(c3ccc(CC)cc3)C(=S)N2CC(=O)OC)cc1Cl. The highest BCUT2D eigenvalue weighted by molar-refractivity contribution is 7.80. The van der Waals surface area contributed by atoms with Gasteiger partial charge in [0.1, 0.15) is 12.2 Å². The molecule has 0 N–H and O–H groups in total. The lowest BCUT2D eigenvalue weighted by Gasteiger charge is -2.19. The van der Waals surface area contributed by atoms with Crippen molar-refractivity contribution in [2.75, 3.05) is 25.2 Å². The third-order valence-corrected chi connectivity index (χ3v) is 5.83. The van der Waals surface area contributed by atoms with Gasteiger partial charge in [-0.15, -0.1) is 0 Å². The second-order valence-electron chi connectivity index (χ2n) is 6.88. The van der Waals surface area contributed by atoms with Crippen molar-refractivity contribution in [2.45, 2.75) is 20.3 Å². The van der Waals surface area contributed by atoms with Gasteiger partial charge in [-0.05, 0) is 67.0 Å². The third-order valence-electron chi connectivity index (χ3n) is 4.87. The fourth-order valence-electron chi connectivity index (χ4n) is 3.24. The van der Waals surface area contributed by atoms with Gasteiger partial charge in [0, 0.05) is 0 Å².